The minimum Gasteiger partial charge on any atom is -0.322 e. The predicted molar refractivity (Wildman–Crippen MR) is 88.3 cm³/mol. The van der Waals surface area contributed by atoms with Gasteiger partial charge in [-0.25, -0.2) is 4.98 Å². The van der Waals surface area contributed by atoms with Crippen LogP contribution in [0.3, 0.4) is 0 Å². The van der Waals surface area contributed by atoms with E-state index in [4.69, 9.17) is 0 Å². The van der Waals surface area contributed by atoms with Gasteiger partial charge in [0.1, 0.15) is 6.04 Å². The van der Waals surface area contributed by atoms with Crippen LogP contribution < -0.4 is 5.32 Å². The number of fused-ring (bicyclic) bond motifs is 1. The van der Waals surface area contributed by atoms with E-state index in [1.165, 1.54) is 0 Å². The van der Waals surface area contributed by atoms with Crippen LogP contribution in [0.25, 0.3) is 11.3 Å². The Balaban J connectivity index is 1.62. The van der Waals surface area contributed by atoms with E-state index >= 15 is 0 Å². The Morgan fingerprint density at radius 2 is 2.12 bits per heavy atom. The Bertz CT molecular complexity index is 874. The van der Waals surface area contributed by atoms with Crippen LogP contribution in [-0.2, 0) is 16.1 Å². The van der Waals surface area contributed by atoms with Crippen LogP contribution >= 0.6 is 11.3 Å². The summed E-state index contributed by atoms with van der Waals surface area (Å²) in [5, 5.41) is 5.30. The molecule has 2 aliphatic rings. The van der Waals surface area contributed by atoms with Crippen LogP contribution in [0.5, 0.6) is 0 Å². The van der Waals surface area contributed by atoms with Crippen molar-refractivity contribution in [1.82, 2.24) is 15.2 Å². The number of benzene rings is 1. The van der Waals surface area contributed by atoms with Crippen molar-refractivity contribution in [1.29, 1.82) is 0 Å². The molecule has 0 aliphatic carbocycles. The Morgan fingerprint density at radius 1 is 1.29 bits per heavy atom. The lowest BCUT2D eigenvalue weighted by Gasteiger charge is -2.29. The first-order valence-corrected chi connectivity index (χ1v) is 8.61. The van der Waals surface area contributed by atoms with Gasteiger partial charge in [-0.2, -0.15) is 0 Å². The fourth-order valence-electron chi connectivity index (χ4n) is 3.23. The average Bonchev–Trinajstić information content (AvgIpc) is 3.11. The maximum absolute atomic E-state index is 12.6. The van der Waals surface area contributed by atoms with Crippen molar-refractivity contribution >= 4 is 29.1 Å². The van der Waals surface area contributed by atoms with Crippen LogP contribution in [0.1, 0.15) is 33.8 Å². The summed E-state index contributed by atoms with van der Waals surface area (Å²) < 4.78 is 0. The quantitative estimate of drug-likeness (QED) is 0.846. The average molecular weight is 341 g/mol. The van der Waals surface area contributed by atoms with Gasteiger partial charge in [0.25, 0.3) is 5.91 Å². The molecule has 24 heavy (non-hydrogen) atoms. The van der Waals surface area contributed by atoms with Crippen molar-refractivity contribution in [2.24, 2.45) is 0 Å². The standard InChI is InChI=1S/C17H15N3O3S/c1-9-18-13(8-24-9)10-2-3-12-11(6-10)7-20(17(12)23)14-4-5-15(21)19-16(14)22/h2-3,6,8,14H,4-5,7H2,1H3,(H,19,21,22). The SMILES string of the molecule is Cc1nc(-c2ccc3c(c2)CN(C2CCC(=O)NC2=O)C3=O)cs1. The molecule has 0 radical (unpaired) electrons. The van der Waals surface area contributed by atoms with E-state index in [-0.39, 0.29) is 24.1 Å². The van der Waals surface area contributed by atoms with Gasteiger partial charge in [-0.3, -0.25) is 19.7 Å². The van der Waals surface area contributed by atoms with E-state index in [1.54, 1.807) is 22.3 Å². The molecule has 1 N–H and O–H groups in total. The van der Waals surface area contributed by atoms with E-state index in [9.17, 15) is 14.4 Å². The Morgan fingerprint density at radius 3 is 2.83 bits per heavy atom. The minimum absolute atomic E-state index is 0.152. The van der Waals surface area contributed by atoms with Gasteiger partial charge < -0.3 is 4.90 Å². The summed E-state index contributed by atoms with van der Waals surface area (Å²) in [6, 6.07) is 5.08. The summed E-state index contributed by atoms with van der Waals surface area (Å²) in [6.07, 6.45) is 0.641. The van der Waals surface area contributed by atoms with Gasteiger partial charge in [0, 0.05) is 29.5 Å². The summed E-state index contributed by atoms with van der Waals surface area (Å²) >= 11 is 1.58. The fourth-order valence-corrected chi connectivity index (χ4v) is 3.85. The molecule has 1 aromatic heterocycles. The molecule has 1 unspecified atom stereocenters. The molecule has 7 heteroatoms. The lowest BCUT2D eigenvalue weighted by molar-refractivity contribution is -0.136. The van der Waals surface area contributed by atoms with Crippen molar-refractivity contribution in [2.75, 3.05) is 0 Å². The van der Waals surface area contributed by atoms with Crippen molar-refractivity contribution in [2.45, 2.75) is 32.4 Å². The highest BCUT2D eigenvalue weighted by molar-refractivity contribution is 7.09. The zero-order chi connectivity index (χ0) is 16.8. The maximum Gasteiger partial charge on any atom is 0.255 e. The molecule has 0 spiro atoms. The third kappa shape index (κ3) is 2.41. The highest BCUT2D eigenvalue weighted by Crippen LogP contribution is 2.31. The lowest BCUT2D eigenvalue weighted by Crippen LogP contribution is -2.52. The Hall–Kier alpha value is -2.54. The van der Waals surface area contributed by atoms with Gasteiger partial charge in [0.2, 0.25) is 11.8 Å². The molecule has 6 nitrogen and oxygen atoms in total. The van der Waals surface area contributed by atoms with Gasteiger partial charge in [0.05, 0.1) is 10.7 Å². The van der Waals surface area contributed by atoms with E-state index in [0.717, 1.165) is 21.8 Å². The van der Waals surface area contributed by atoms with Crippen LogP contribution in [0.15, 0.2) is 23.6 Å². The van der Waals surface area contributed by atoms with Gasteiger partial charge >= 0.3 is 0 Å². The normalized spacial score (nSPS) is 20.3. The monoisotopic (exact) mass is 341 g/mol. The fraction of sp³-hybridized carbons (Fsp3) is 0.294. The van der Waals surface area contributed by atoms with E-state index < -0.39 is 6.04 Å². The zero-order valence-electron chi connectivity index (χ0n) is 13.0. The van der Waals surface area contributed by atoms with Crippen LogP contribution in [0, 0.1) is 6.92 Å². The molecule has 0 saturated carbocycles. The largest absolute Gasteiger partial charge is 0.322 e. The number of nitrogens with zero attached hydrogens (tertiary/aromatic N) is 2. The number of aromatic nitrogens is 1. The van der Waals surface area contributed by atoms with E-state index in [1.807, 2.05) is 24.4 Å². The number of carbonyl (C=O) groups is 3. The number of hydrogen-bond donors (Lipinski definition) is 1. The first-order valence-electron chi connectivity index (χ1n) is 7.73. The second kappa shape index (κ2) is 5.52. The summed E-state index contributed by atoms with van der Waals surface area (Å²) in [5.74, 6) is -0.815. The molecule has 3 heterocycles. The van der Waals surface area contributed by atoms with Gasteiger partial charge in [-0.15, -0.1) is 11.3 Å². The molecule has 2 aliphatic heterocycles. The number of amides is 3. The molecule has 122 valence electrons. The molecule has 3 amide bonds. The smallest absolute Gasteiger partial charge is 0.255 e. The highest BCUT2D eigenvalue weighted by Gasteiger charge is 2.39. The molecule has 1 saturated heterocycles. The van der Waals surface area contributed by atoms with E-state index in [2.05, 4.69) is 10.3 Å². The molecular formula is C17H15N3O3S. The number of aryl methyl sites for hydroxylation is 1. The lowest BCUT2D eigenvalue weighted by atomic mass is 10.0. The number of rotatable bonds is 2. The minimum atomic E-state index is -0.576. The second-order valence-electron chi connectivity index (χ2n) is 6.02. The highest BCUT2D eigenvalue weighted by atomic mass is 32.1. The number of imide groups is 1. The summed E-state index contributed by atoms with van der Waals surface area (Å²) in [7, 11) is 0. The van der Waals surface area contributed by atoms with Crippen molar-refractivity contribution in [3.63, 3.8) is 0 Å². The molecular weight excluding hydrogens is 326 g/mol. The van der Waals surface area contributed by atoms with Gasteiger partial charge in [-0.1, -0.05) is 6.07 Å². The van der Waals surface area contributed by atoms with Crippen LogP contribution in [0.4, 0.5) is 0 Å². The van der Waals surface area contributed by atoms with Crippen molar-refractivity contribution in [3.8, 4) is 11.3 Å². The number of hydrogen-bond acceptors (Lipinski definition) is 5. The molecule has 0 bridgehead atoms. The number of nitrogens with one attached hydrogen (secondary N) is 1. The third-order valence-corrected chi connectivity index (χ3v) is 5.21. The van der Waals surface area contributed by atoms with Crippen LogP contribution in [-0.4, -0.2) is 33.6 Å². The second-order valence-corrected chi connectivity index (χ2v) is 7.09. The summed E-state index contributed by atoms with van der Waals surface area (Å²) in [4.78, 5) is 42.0. The number of piperidine rings is 1. The zero-order valence-corrected chi connectivity index (χ0v) is 13.9. The molecule has 2 aromatic rings. The molecule has 4 rings (SSSR count). The van der Waals surface area contributed by atoms with Crippen molar-refractivity contribution < 1.29 is 14.4 Å². The molecule has 1 atom stereocenters. The predicted octanol–water partition coefficient (Wildman–Crippen LogP) is 1.88. The van der Waals surface area contributed by atoms with Crippen LogP contribution in [0.2, 0.25) is 0 Å². The first kappa shape index (κ1) is 15.0. The Labute approximate surface area is 142 Å². The van der Waals surface area contributed by atoms with Crippen molar-refractivity contribution in [3.05, 3.63) is 39.7 Å². The topological polar surface area (TPSA) is 79.4 Å². The summed E-state index contributed by atoms with van der Waals surface area (Å²) in [6.45, 7) is 2.34. The Kier molecular flexibility index (Phi) is 3.45. The molecule has 1 aromatic carbocycles. The first-order chi connectivity index (χ1) is 11.5. The molecule has 1 fully saturated rings. The van der Waals surface area contributed by atoms with E-state index in [0.29, 0.717) is 18.5 Å². The van der Waals surface area contributed by atoms with Gasteiger partial charge in [0.15, 0.2) is 0 Å². The number of carbonyl (C=O) groups excluding carboxylic acids is 3. The number of thiazole rings is 1. The summed E-state index contributed by atoms with van der Waals surface area (Å²) in [5.41, 5.74) is 3.38. The van der Waals surface area contributed by atoms with Gasteiger partial charge in [-0.05, 0) is 31.0 Å². The maximum atomic E-state index is 12.6. The third-order valence-electron chi connectivity index (χ3n) is 4.44.